The molecule has 122 valence electrons. The molecule has 2 aromatic rings. The van der Waals surface area contributed by atoms with Crippen LogP contribution in [-0.4, -0.2) is 34.5 Å². The third-order valence-corrected chi connectivity index (χ3v) is 4.22. The minimum absolute atomic E-state index is 0.0729. The number of hydrogen-bond donors (Lipinski definition) is 1. The lowest BCUT2D eigenvalue weighted by atomic mass is 9.93. The number of halogens is 1. The van der Waals surface area contributed by atoms with Crippen LogP contribution in [-0.2, 0) is 24.2 Å². The lowest BCUT2D eigenvalue weighted by molar-refractivity contribution is -0.120. The van der Waals surface area contributed by atoms with E-state index < -0.39 is 0 Å². The Morgan fingerprint density at radius 3 is 3.13 bits per heavy atom. The van der Waals surface area contributed by atoms with Crippen LogP contribution in [0.4, 0.5) is 4.39 Å². The second-order valence-corrected chi connectivity index (χ2v) is 5.69. The second-order valence-electron chi connectivity index (χ2n) is 5.69. The molecule has 1 unspecified atom stereocenters. The molecule has 1 aliphatic heterocycles. The van der Waals surface area contributed by atoms with Gasteiger partial charge in [0.2, 0.25) is 11.8 Å². The summed E-state index contributed by atoms with van der Waals surface area (Å²) in [5.74, 6) is 0.460. The molecule has 2 heterocycles. The molecule has 0 saturated heterocycles. The van der Waals surface area contributed by atoms with Gasteiger partial charge in [0.1, 0.15) is 5.82 Å². The van der Waals surface area contributed by atoms with Crippen LogP contribution >= 0.6 is 0 Å². The highest BCUT2D eigenvalue weighted by Gasteiger charge is 2.25. The summed E-state index contributed by atoms with van der Waals surface area (Å²) in [4.78, 5) is 17.7. The van der Waals surface area contributed by atoms with E-state index in [0.29, 0.717) is 18.3 Å². The molecule has 1 aromatic carbocycles. The summed E-state index contributed by atoms with van der Waals surface area (Å²) >= 11 is 0. The standard InChI is InChI=1S/C16H19FN4O2/c1-10-13-7-12(17)4-3-11(13)5-6-21(10)9-16-19-14(20-23-16)8-15(22)18-2/h3-4,7,10H,5-6,8-9H2,1-2H3,(H,18,22). The number of nitrogens with one attached hydrogen (secondary N) is 1. The number of carbonyl (C=O) groups is 1. The first-order valence-corrected chi connectivity index (χ1v) is 7.61. The summed E-state index contributed by atoms with van der Waals surface area (Å²) in [5, 5.41) is 6.34. The zero-order chi connectivity index (χ0) is 16.4. The molecule has 0 fully saturated rings. The van der Waals surface area contributed by atoms with E-state index in [1.54, 1.807) is 13.1 Å². The summed E-state index contributed by atoms with van der Waals surface area (Å²) in [6.07, 6.45) is 0.961. The number of hydrogen-bond acceptors (Lipinski definition) is 5. The van der Waals surface area contributed by atoms with E-state index in [1.807, 2.05) is 13.0 Å². The van der Waals surface area contributed by atoms with Crippen molar-refractivity contribution < 1.29 is 13.7 Å². The third-order valence-electron chi connectivity index (χ3n) is 4.22. The van der Waals surface area contributed by atoms with Crippen molar-refractivity contribution >= 4 is 5.91 Å². The average Bonchev–Trinajstić information content (AvgIpc) is 2.97. The summed E-state index contributed by atoms with van der Waals surface area (Å²) in [7, 11) is 1.56. The molecule has 1 aliphatic rings. The Bertz CT molecular complexity index is 716. The predicted octanol–water partition coefficient (Wildman–Crippen LogP) is 1.62. The Labute approximate surface area is 133 Å². The van der Waals surface area contributed by atoms with Crippen LogP contribution in [0.15, 0.2) is 22.7 Å². The number of amides is 1. The Kier molecular flexibility index (Phi) is 4.38. The monoisotopic (exact) mass is 318 g/mol. The van der Waals surface area contributed by atoms with Gasteiger partial charge >= 0.3 is 0 Å². The Morgan fingerprint density at radius 2 is 2.35 bits per heavy atom. The van der Waals surface area contributed by atoms with Gasteiger partial charge in [-0.05, 0) is 36.6 Å². The van der Waals surface area contributed by atoms with Crippen molar-refractivity contribution in [2.75, 3.05) is 13.6 Å². The van der Waals surface area contributed by atoms with Crippen molar-refractivity contribution in [1.82, 2.24) is 20.4 Å². The van der Waals surface area contributed by atoms with Gasteiger partial charge in [0.25, 0.3) is 0 Å². The quantitative estimate of drug-likeness (QED) is 0.927. The molecule has 3 rings (SSSR count). The summed E-state index contributed by atoms with van der Waals surface area (Å²) in [5.41, 5.74) is 2.18. The van der Waals surface area contributed by atoms with Crippen molar-refractivity contribution in [1.29, 1.82) is 0 Å². The van der Waals surface area contributed by atoms with Crippen LogP contribution in [0.25, 0.3) is 0 Å². The number of aromatic nitrogens is 2. The van der Waals surface area contributed by atoms with Crippen molar-refractivity contribution in [3.8, 4) is 0 Å². The van der Waals surface area contributed by atoms with E-state index in [-0.39, 0.29) is 24.2 Å². The first kappa shape index (κ1) is 15.6. The van der Waals surface area contributed by atoms with Crippen LogP contribution < -0.4 is 5.32 Å². The molecule has 0 saturated carbocycles. The van der Waals surface area contributed by atoms with Crippen LogP contribution in [0.2, 0.25) is 0 Å². The number of rotatable bonds is 4. The minimum atomic E-state index is -0.219. The lowest BCUT2D eigenvalue weighted by Crippen LogP contribution is -2.33. The molecule has 1 amide bonds. The lowest BCUT2D eigenvalue weighted by Gasteiger charge is -2.34. The largest absolute Gasteiger partial charge is 0.359 e. The Morgan fingerprint density at radius 1 is 1.52 bits per heavy atom. The van der Waals surface area contributed by atoms with E-state index in [0.717, 1.165) is 18.5 Å². The molecule has 0 aliphatic carbocycles. The fourth-order valence-electron chi connectivity index (χ4n) is 2.88. The van der Waals surface area contributed by atoms with E-state index in [2.05, 4.69) is 20.4 Å². The molecule has 0 spiro atoms. The van der Waals surface area contributed by atoms with Gasteiger partial charge in [-0.2, -0.15) is 4.98 Å². The van der Waals surface area contributed by atoms with Crippen molar-refractivity contribution in [2.45, 2.75) is 32.4 Å². The normalized spacial score (nSPS) is 17.8. The first-order chi connectivity index (χ1) is 11.1. The zero-order valence-electron chi connectivity index (χ0n) is 13.2. The van der Waals surface area contributed by atoms with Crippen molar-refractivity contribution in [2.24, 2.45) is 0 Å². The van der Waals surface area contributed by atoms with Gasteiger partial charge in [-0.3, -0.25) is 9.69 Å². The molecule has 1 atom stereocenters. The van der Waals surface area contributed by atoms with Crippen LogP contribution in [0.1, 0.15) is 35.8 Å². The van der Waals surface area contributed by atoms with Crippen molar-refractivity contribution in [3.63, 3.8) is 0 Å². The molecule has 0 bridgehead atoms. The number of likely N-dealkylation sites (N-methyl/N-ethyl adjacent to an activating group) is 1. The van der Waals surface area contributed by atoms with Gasteiger partial charge in [-0.25, -0.2) is 4.39 Å². The molecule has 1 aromatic heterocycles. The fraction of sp³-hybridized carbons (Fsp3) is 0.438. The Balaban J connectivity index is 1.70. The van der Waals surface area contributed by atoms with Crippen molar-refractivity contribution in [3.05, 3.63) is 46.9 Å². The minimum Gasteiger partial charge on any atom is -0.359 e. The zero-order valence-corrected chi connectivity index (χ0v) is 13.2. The summed E-state index contributed by atoms with van der Waals surface area (Å²) in [6, 6.07) is 5.03. The molecule has 0 radical (unpaired) electrons. The Hall–Kier alpha value is -2.28. The van der Waals surface area contributed by atoms with E-state index in [1.165, 1.54) is 11.6 Å². The average molecular weight is 318 g/mol. The SMILES string of the molecule is CNC(=O)Cc1noc(CN2CCc3ccc(F)cc3C2C)n1. The number of benzene rings is 1. The highest BCUT2D eigenvalue weighted by molar-refractivity contribution is 5.77. The van der Waals surface area contributed by atoms with E-state index >= 15 is 0 Å². The van der Waals surface area contributed by atoms with Gasteiger partial charge in [0.05, 0.1) is 13.0 Å². The first-order valence-electron chi connectivity index (χ1n) is 7.61. The summed E-state index contributed by atoms with van der Waals surface area (Å²) < 4.78 is 18.7. The molecule has 1 N–H and O–H groups in total. The van der Waals surface area contributed by atoms with Crippen LogP contribution in [0, 0.1) is 5.82 Å². The second kappa shape index (κ2) is 6.45. The van der Waals surface area contributed by atoms with Gasteiger partial charge in [0.15, 0.2) is 5.82 Å². The van der Waals surface area contributed by atoms with Crippen LogP contribution in [0.3, 0.4) is 0 Å². The topological polar surface area (TPSA) is 71.3 Å². The van der Waals surface area contributed by atoms with E-state index in [9.17, 15) is 9.18 Å². The van der Waals surface area contributed by atoms with Gasteiger partial charge in [-0.1, -0.05) is 11.2 Å². The molecule has 7 heteroatoms. The molecular formula is C16H19FN4O2. The summed E-state index contributed by atoms with van der Waals surface area (Å²) in [6.45, 7) is 3.37. The van der Waals surface area contributed by atoms with Crippen LogP contribution in [0.5, 0.6) is 0 Å². The predicted molar refractivity (Wildman–Crippen MR) is 81.0 cm³/mol. The smallest absolute Gasteiger partial charge is 0.240 e. The maximum atomic E-state index is 13.5. The highest BCUT2D eigenvalue weighted by atomic mass is 19.1. The third kappa shape index (κ3) is 3.39. The van der Waals surface area contributed by atoms with Gasteiger partial charge in [-0.15, -0.1) is 0 Å². The number of carbonyl (C=O) groups excluding carboxylic acids is 1. The molecule has 23 heavy (non-hydrogen) atoms. The molecular weight excluding hydrogens is 299 g/mol. The number of nitrogens with zero attached hydrogens (tertiary/aromatic N) is 3. The van der Waals surface area contributed by atoms with E-state index in [4.69, 9.17) is 4.52 Å². The number of fused-ring (bicyclic) bond motifs is 1. The maximum absolute atomic E-state index is 13.5. The fourth-order valence-corrected chi connectivity index (χ4v) is 2.88. The molecule has 6 nitrogen and oxygen atoms in total. The van der Waals surface area contributed by atoms with Gasteiger partial charge < -0.3 is 9.84 Å². The maximum Gasteiger partial charge on any atom is 0.240 e. The highest BCUT2D eigenvalue weighted by Crippen LogP contribution is 2.30. The van der Waals surface area contributed by atoms with Gasteiger partial charge in [0, 0.05) is 19.6 Å².